The molecule has 122 valence electrons. The lowest BCUT2D eigenvalue weighted by Crippen LogP contribution is -2.25. The summed E-state index contributed by atoms with van der Waals surface area (Å²) in [5.74, 6) is 1.38. The van der Waals surface area contributed by atoms with E-state index in [0.29, 0.717) is 17.9 Å². The number of ether oxygens (including phenoxy) is 2. The van der Waals surface area contributed by atoms with E-state index >= 15 is 0 Å². The first kappa shape index (κ1) is 16.9. The quantitative estimate of drug-likeness (QED) is 0.890. The molecule has 2 aromatic rings. The van der Waals surface area contributed by atoms with Crippen LogP contribution in [0, 0.1) is 13.8 Å². The molecule has 1 amide bonds. The van der Waals surface area contributed by atoms with Crippen molar-refractivity contribution in [1.82, 2.24) is 5.32 Å². The van der Waals surface area contributed by atoms with E-state index in [1.54, 1.807) is 14.2 Å². The van der Waals surface area contributed by atoms with Crippen LogP contribution in [-0.4, -0.2) is 26.7 Å². The van der Waals surface area contributed by atoms with Crippen molar-refractivity contribution in [2.24, 2.45) is 0 Å². The highest BCUT2D eigenvalue weighted by Crippen LogP contribution is 2.30. The molecule has 0 fully saturated rings. The van der Waals surface area contributed by atoms with Crippen LogP contribution >= 0.6 is 0 Å². The van der Waals surface area contributed by atoms with Gasteiger partial charge in [0.2, 0.25) is 0 Å². The zero-order valence-electron chi connectivity index (χ0n) is 14.1. The molecule has 0 aliphatic rings. The van der Waals surface area contributed by atoms with E-state index in [2.05, 4.69) is 5.32 Å². The second kappa shape index (κ2) is 7.68. The smallest absolute Gasteiger partial charge is 0.251 e. The number of nitrogens with one attached hydrogen (secondary N) is 1. The number of hydrogen-bond donors (Lipinski definition) is 1. The molecule has 0 radical (unpaired) electrons. The lowest BCUT2D eigenvalue weighted by molar-refractivity contribution is 0.0954. The summed E-state index contributed by atoms with van der Waals surface area (Å²) in [6.07, 6.45) is 0.740. The molecule has 4 heteroatoms. The number of hydrogen-bond acceptors (Lipinski definition) is 3. The number of rotatable bonds is 6. The van der Waals surface area contributed by atoms with Gasteiger partial charge in [-0.2, -0.15) is 0 Å². The Balaban J connectivity index is 2.00. The molecule has 23 heavy (non-hydrogen) atoms. The molecule has 0 aliphatic heterocycles. The molecule has 0 heterocycles. The summed E-state index contributed by atoms with van der Waals surface area (Å²) >= 11 is 0. The molecule has 0 bridgehead atoms. The molecule has 1 N–H and O–H groups in total. The van der Waals surface area contributed by atoms with Gasteiger partial charge in [-0.1, -0.05) is 17.7 Å². The molecule has 4 nitrogen and oxygen atoms in total. The number of carbonyl (C=O) groups excluding carboxylic acids is 1. The Kier molecular flexibility index (Phi) is 5.63. The van der Waals surface area contributed by atoms with E-state index in [0.717, 1.165) is 28.9 Å². The fourth-order valence-corrected chi connectivity index (χ4v) is 2.49. The van der Waals surface area contributed by atoms with E-state index in [1.807, 2.05) is 50.2 Å². The summed E-state index contributed by atoms with van der Waals surface area (Å²) in [6.45, 7) is 4.58. The first-order valence-electron chi connectivity index (χ1n) is 7.61. The Morgan fingerprint density at radius 1 is 1.04 bits per heavy atom. The summed E-state index contributed by atoms with van der Waals surface area (Å²) < 4.78 is 10.6. The average molecular weight is 313 g/mol. The van der Waals surface area contributed by atoms with Gasteiger partial charge in [0.15, 0.2) is 11.5 Å². The highest BCUT2D eigenvalue weighted by molar-refractivity contribution is 5.94. The van der Waals surface area contributed by atoms with Crippen molar-refractivity contribution in [3.05, 3.63) is 58.7 Å². The topological polar surface area (TPSA) is 47.6 Å². The third-order valence-corrected chi connectivity index (χ3v) is 3.80. The SMILES string of the molecule is COc1cc(C)c(CCNC(=O)c2cccc(C)c2)cc1OC. The van der Waals surface area contributed by atoms with Crippen molar-refractivity contribution in [1.29, 1.82) is 0 Å². The zero-order chi connectivity index (χ0) is 16.8. The summed E-state index contributed by atoms with van der Waals surface area (Å²) in [4.78, 5) is 12.1. The first-order chi connectivity index (χ1) is 11.0. The minimum Gasteiger partial charge on any atom is -0.493 e. The number of methoxy groups -OCH3 is 2. The van der Waals surface area contributed by atoms with Gasteiger partial charge in [0, 0.05) is 12.1 Å². The van der Waals surface area contributed by atoms with Crippen LogP contribution in [0.4, 0.5) is 0 Å². The van der Waals surface area contributed by atoms with Gasteiger partial charge in [-0.3, -0.25) is 4.79 Å². The third kappa shape index (κ3) is 4.25. The zero-order valence-corrected chi connectivity index (χ0v) is 14.1. The minimum atomic E-state index is -0.0492. The van der Waals surface area contributed by atoms with Crippen LogP contribution in [0.3, 0.4) is 0 Å². The van der Waals surface area contributed by atoms with Gasteiger partial charge >= 0.3 is 0 Å². The maximum absolute atomic E-state index is 12.1. The van der Waals surface area contributed by atoms with Gasteiger partial charge in [-0.05, 0) is 55.7 Å². The Hall–Kier alpha value is -2.49. The van der Waals surface area contributed by atoms with Crippen LogP contribution in [0.25, 0.3) is 0 Å². The minimum absolute atomic E-state index is 0.0492. The Labute approximate surface area is 137 Å². The van der Waals surface area contributed by atoms with Crippen LogP contribution in [0.2, 0.25) is 0 Å². The molecule has 0 saturated carbocycles. The largest absolute Gasteiger partial charge is 0.493 e. The number of benzene rings is 2. The normalized spacial score (nSPS) is 10.3. The van der Waals surface area contributed by atoms with Crippen molar-refractivity contribution in [2.45, 2.75) is 20.3 Å². The van der Waals surface area contributed by atoms with E-state index in [-0.39, 0.29) is 5.91 Å². The second-order valence-electron chi connectivity index (χ2n) is 5.51. The predicted molar refractivity (Wildman–Crippen MR) is 91.5 cm³/mol. The van der Waals surface area contributed by atoms with Crippen molar-refractivity contribution in [3.63, 3.8) is 0 Å². The molecule has 0 aromatic heterocycles. The Morgan fingerprint density at radius 2 is 1.74 bits per heavy atom. The number of amides is 1. The van der Waals surface area contributed by atoms with Gasteiger partial charge in [0.25, 0.3) is 5.91 Å². The summed E-state index contributed by atoms with van der Waals surface area (Å²) in [6, 6.07) is 11.5. The Morgan fingerprint density at radius 3 is 2.39 bits per heavy atom. The maximum Gasteiger partial charge on any atom is 0.251 e. The average Bonchev–Trinajstić information content (AvgIpc) is 2.55. The van der Waals surface area contributed by atoms with E-state index in [1.165, 1.54) is 0 Å². The van der Waals surface area contributed by atoms with E-state index in [9.17, 15) is 4.79 Å². The molecule has 2 aromatic carbocycles. The van der Waals surface area contributed by atoms with Gasteiger partial charge in [0.1, 0.15) is 0 Å². The van der Waals surface area contributed by atoms with E-state index < -0.39 is 0 Å². The molecule has 2 rings (SSSR count). The van der Waals surface area contributed by atoms with Crippen molar-refractivity contribution < 1.29 is 14.3 Å². The third-order valence-electron chi connectivity index (χ3n) is 3.80. The molecule has 0 unspecified atom stereocenters. The van der Waals surface area contributed by atoms with Crippen LogP contribution in [0.1, 0.15) is 27.0 Å². The first-order valence-corrected chi connectivity index (χ1v) is 7.61. The molecule has 0 saturated heterocycles. The molecule has 0 aliphatic carbocycles. The van der Waals surface area contributed by atoms with Crippen molar-refractivity contribution in [3.8, 4) is 11.5 Å². The van der Waals surface area contributed by atoms with Crippen molar-refractivity contribution >= 4 is 5.91 Å². The van der Waals surface area contributed by atoms with Gasteiger partial charge < -0.3 is 14.8 Å². The van der Waals surface area contributed by atoms with Crippen LogP contribution in [0.15, 0.2) is 36.4 Å². The fraction of sp³-hybridized carbons (Fsp3) is 0.316. The standard InChI is InChI=1S/C19H23NO3/c1-13-6-5-7-16(10-13)19(21)20-9-8-15-12-18(23-4)17(22-3)11-14(15)2/h5-7,10-12H,8-9H2,1-4H3,(H,20,21). The van der Waals surface area contributed by atoms with Crippen LogP contribution in [-0.2, 0) is 6.42 Å². The Bertz CT molecular complexity index is 695. The second-order valence-corrected chi connectivity index (χ2v) is 5.51. The highest BCUT2D eigenvalue weighted by Gasteiger charge is 2.09. The molecule has 0 atom stereocenters. The summed E-state index contributed by atoms with van der Waals surface area (Å²) in [5.41, 5.74) is 4.02. The number of aryl methyl sites for hydroxylation is 2. The van der Waals surface area contributed by atoms with E-state index in [4.69, 9.17) is 9.47 Å². The van der Waals surface area contributed by atoms with Crippen LogP contribution in [0.5, 0.6) is 11.5 Å². The predicted octanol–water partition coefficient (Wildman–Crippen LogP) is 3.29. The number of carbonyl (C=O) groups is 1. The lowest BCUT2D eigenvalue weighted by Gasteiger charge is -2.13. The summed E-state index contributed by atoms with van der Waals surface area (Å²) in [7, 11) is 3.25. The van der Waals surface area contributed by atoms with Crippen LogP contribution < -0.4 is 14.8 Å². The maximum atomic E-state index is 12.1. The lowest BCUT2D eigenvalue weighted by atomic mass is 10.0. The van der Waals surface area contributed by atoms with Crippen molar-refractivity contribution in [2.75, 3.05) is 20.8 Å². The molecule has 0 spiro atoms. The van der Waals surface area contributed by atoms with Gasteiger partial charge in [0.05, 0.1) is 14.2 Å². The fourth-order valence-electron chi connectivity index (χ4n) is 2.49. The molecular formula is C19H23NO3. The van der Waals surface area contributed by atoms with Gasteiger partial charge in [-0.15, -0.1) is 0 Å². The highest BCUT2D eigenvalue weighted by atomic mass is 16.5. The van der Waals surface area contributed by atoms with Gasteiger partial charge in [-0.25, -0.2) is 0 Å². The summed E-state index contributed by atoms with van der Waals surface area (Å²) in [5, 5.41) is 2.96. The monoisotopic (exact) mass is 313 g/mol. The molecular weight excluding hydrogens is 290 g/mol.